The van der Waals surface area contributed by atoms with Gasteiger partial charge >= 0.3 is 0 Å². The Morgan fingerprint density at radius 1 is 1.25 bits per heavy atom. The monoisotopic (exact) mass is 336 g/mol. The molecular weight excluding hydrogens is 320 g/mol. The van der Waals surface area contributed by atoms with E-state index in [4.69, 9.17) is 10.5 Å². The molecule has 2 aromatic rings. The Labute approximate surface area is 126 Å². The average molecular weight is 337 g/mol. The van der Waals surface area contributed by atoms with E-state index in [2.05, 4.69) is 38.0 Å². The summed E-state index contributed by atoms with van der Waals surface area (Å²) in [6.07, 6.45) is 0. The summed E-state index contributed by atoms with van der Waals surface area (Å²) in [6, 6.07) is 9.95. The number of rotatable bonds is 5. The fourth-order valence-electron chi connectivity index (χ4n) is 1.84. The molecule has 0 radical (unpaired) electrons. The van der Waals surface area contributed by atoms with Crippen molar-refractivity contribution in [2.45, 2.75) is 13.2 Å². The smallest absolute Gasteiger partial charge is 0.158 e. The first-order chi connectivity index (χ1) is 9.58. The number of nitrogen functional groups attached to an aromatic ring is 1. The van der Waals surface area contributed by atoms with E-state index < -0.39 is 0 Å². The van der Waals surface area contributed by atoms with Crippen LogP contribution in [0.2, 0.25) is 0 Å². The van der Waals surface area contributed by atoms with Crippen molar-refractivity contribution in [3.63, 3.8) is 0 Å². The summed E-state index contributed by atoms with van der Waals surface area (Å²) in [7, 11) is 3.58. The van der Waals surface area contributed by atoms with Gasteiger partial charge in [-0.05, 0) is 17.7 Å². The molecule has 1 heterocycles. The lowest BCUT2D eigenvalue weighted by Gasteiger charge is -2.19. The predicted molar refractivity (Wildman–Crippen MR) is 83.4 cm³/mol. The lowest BCUT2D eigenvalue weighted by Crippen LogP contribution is -2.19. The third kappa shape index (κ3) is 3.91. The number of nitrogens with two attached hydrogens (primary N) is 1. The number of aromatic nitrogens is 2. The molecule has 6 heteroatoms. The van der Waals surface area contributed by atoms with Crippen LogP contribution in [0.4, 0.5) is 11.6 Å². The molecule has 0 saturated heterocycles. The van der Waals surface area contributed by atoms with Crippen LogP contribution in [-0.4, -0.2) is 24.1 Å². The third-order valence-corrected chi connectivity index (χ3v) is 3.30. The topological polar surface area (TPSA) is 64.3 Å². The molecule has 0 saturated carbocycles. The summed E-state index contributed by atoms with van der Waals surface area (Å²) in [5.41, 5.74) is 7.00. The van der Waals surface area contributed by atoms with Gasteiger partial charge in [0.25, 0.3) is 0 Å². The van der Waals surface area contributed by atoms with Gasteiger partial charge in [0.15, 0.2) is 5.82 Å². The van der Waals surface area contributed by atoms with Gasteiger partial charge in [0.05, 0.1) is 0 Å². The molecule has 0 spiro atoms. The van der Waals surface area contributed by atoms with Crippen LogP contribution in [-0.2, 0) is 17.9 Å². The summed E-state index contributed by atoms with van der Waals surface area (Å²) in [5.74, 6) is 1.82. The van der Waals surface area contributed by atoms with Gasteiger partial charge in [0.1, 0.15) is 18.2 Å². The highest BCUT2D eigenvalue weighted by molar-refractivity contribution is 9.10. The van der Waals surface area contributed by atoms with Gasteiger partial charge in [-0.3, -0.25) is 0 Å². The first-order valence-corrected chi connectivity index (χ1v) is 6.95. The zero-order valence-electron chi connectivity index (χ0n) is 11.5. The normalized spacial score (nSPS) is 10.6. The fourth-order valence-corrected chi connectivity index (χ4v) is 2.10. The molecule has 0 aliphatic heterocycles. The highest BCUT2D eigenvalue weighted by Gasteiger charge is 2.08. The highest BCUT2D eigenvalue weighted by atomic mass is 79.9. The Morgan fingerprint density at radius 3 is 2.60 bits per heavy atom. The van der Waals surface area contributed by atoms with Crippen LogP contribution >= 0.6 is 15.9 Å². The molecule has 1 aromatic heterocycles. The fraction of sp³-hybridized carbons (Fsp3) is 0.286. The summed E-state index contributed by atoms with van der Waals surface area (Å²) in [5, 5.41) is 0. The Bertz CT molecular complexity index is 574. The van der Waals surface area contributed by atoms with Gasteiger partial charge in [-0.15, -0.1) is 0 Å². The summed E-state index contributed by atoms with van der Waals surface area (Å²) >= 11 is 3.43. The molecule has 106 valence electrons. The summed E-state index contributed by atoms with van der Waals surface area (Å²) in [4.78, 5) is 10.6. The molecule has 0 atom stereocenters. The van der Waals surface area contributed by atoms with Crippen molar-refractivity contribution in [1.29, 1.82) is 0 Å². The van der Waals surface area contributed by atoms with Crippen molar-refractivity contribution in [3.05, 3.63) is 46.2 Å². The van der Waals surface area contributed by atoms with Gasteiger partial charge < -0.3 is 15.4 Å². The van der Waals surface area contributed by atoms with E-state index >= 15 is 0 Å². The van der Waals surface area contributed by atoms with Crippen LogP contribution in [0.15, 0.2) is 34.8 Å². The molecule has 20 heavy (non-hydrogen) atoms. The second-order valence-electron chi connectivity index (χ2n) is 4.48. The molecular formula is C14H17BrN4O. The van der Waals surface area contributed by atoms with Crippen molar-refractivity contribution < 1.29 is 4.74 Å². The number of ether oxygens (including phenoxy) is 1. The lowest BCUT2D eigenvalue weighted by molar-refractivity contribution is 0.178. The van der Waals surface area contributed by atoms with Gasteiger partial charge in [-0.1, -0.05) is 28.1 Å². The maximum atomic E-state index is 5.80. The van der Waals surface area contributed by atoms with Gasteiger partial charge in [-0.2, -0.15) is 0 Å². The summed E-state index contributed by atoms with van der Waals surface area (Å²) in [6.45, 7) is 1.10. The van der Waals surface area contributed by atoms with Crippen LogP contribution in [0.3, 0.4) is 0 Å². The Morgan fingerprint density at radius 2 is 1.95 bits per heavy atom. The van der Waals surface area contributed by atoms with Crippen molar-refractivity contribution in [2.75, 3.05) is 24.8 Å². The minimum Gasteiger partial charge on any atom is -0.384 e. The van der Waals surface area contributed by atoms with Gasteiger partial charge in [0.2, 0.25) is 0 Å². The van der Waals surface area contributed by atoms with Crippen molar-refractivity contribution in [2.24, 2.45) is 0 Å². The number of methoxy groups -OCH3 is 1. The largest absolute Gasteiger partial charge is 0.384 e. The van der Waals surface area contributed by atoms with Crippen LogP contribution in [0.1, 0.15) is 11.4 Å². The van der Waals surface area contributed by atoms with Gasteiger partial charge in [0, 0.05) is 31.2 Å². The molecule has 2 N–H and O–H groups in total. The number of benzene rings is 1. The second-order valence-corrected chi connectivity index (χ2v) is 5.40. The first-order valence-electron chi connectivity index (χ1n) is 6.16. The van der Waals surface area contributed by atoms with E-state index in [0.717, 1.165) is 16.8 Å². The summed E-state index contributed by atoms with van der Waals surface area (Å²) < 4.78 is 6.11. The molecule has 0 unspecified atom stereocenters. The lowest BCUT2D eigenvalue weighted by atomic mass is 10.2. The SMILES string of the molecule is COCc1nc(N)cc(N(C)Cc2ccc(Br)cc2)n1. The minimum absolute atomic E-state index is 0.351. The van der Waals surface area contributed by atoms with Crippen LogP contribution in [0.5, 0.6) is 0 Å². The number of hydrogen-bond acceptors (Lipinski definition) is 5. The van der Waals surface area contributed by atoms with Crippen molar-refractivity contribution >= 4 is 27.6 Å². The molecule has 1 aromatic carbocycles. The zero-order chi connectivity index (χ0) is 14.5. The number of hydrogen-bond donors (Lipinski definition) is 1. The molecule has 0 amide bonds. The van der Waals surface area contributed by atoms with Gasteiger partial charge in [-0.25, -0.2) is 9.97 Å². The Kier molecular flexibility index (Phi) is 4.92. The van der Waals surface area contributed by atoms with Crippen LogP contribution in [0, 0.1) is 0 Å². The molecule has 0 bridgehead atoms. The Hall–Kier alpha value is -1.66. The number of nitrogens with zero attached hydrogens (tertiary/aromatic N) is 3. The maximum Gasteiger partial charge on any atom is 0.158 e. The van der Waals surface area contributed by atoms with E-state index in [0.29, 0.717) is 18.2 Å². The number of halogens is 1. The minimum atomic E-state index is 0.351. The first kappa shape index (κ1) is 14.7. The quantitative estimate of drug-likeness (QED) is 0.909. The van der Waals surface area contributed by atoms with Crippen molar-refractivity contribution in [3.8, 4) is 0 Å². The van der Waals surface area contributed by atoms with E-state index in [1.165, 1.54) is 5.56 Å². The van der Waals surface area contributed by atoms with E-state index in [-0.39, 0.29) is 0 Å². The second kappa shape index (κ2) is 6.67. The standard InChI is InChI=1S/C14H17BrN4O/c1-19(8-10-3-5-11(15)6-4-10)14-7-12(16)17-13(18-14)9-20-2/h3-7H,8-9H2,1-2H3,(H2,16,17,18). The van der Waals surface area contributed by atoms with Crippen LogP contribution < -0.4 is 10.6 Å². The molecule has 2 rings (SSSR count). The zero-order valence-corrected chi connectivity index (χ0v) is 13.1. The molecule has 0 aliphatic rings. The van der Waals surface area contributed by atoms with E-state index in [1.54, 1.807) is 13.2 Å². The van der Waals surface area contributed by atoms with Crippen molar-refractivity contribution in [1.82, 2.24) is 9.97 Å². The number of anilines is 2. The third-order valence-electron chi connectivity index (χ3n) is 2.78. The maximum absolute atomic E-state index is 5.80. The van der Waals surface area contributed by atoms with E-state index in [1.807, 2.05) is 24.1 Å². The average Bonchev–Trinajstić information content (AvgIpc) is 2.41. The molecule has 5 nitrogen and oxygen atoms in total. The van der Waals surface area contributed by atoms with E-state index in [9.17, 15) is 0 Å². The molecule has 0 aliphatic carbocycles. The highest BCUT2D eigenvalue weighted by Crippen LogP contribution is 2.17. The molecule has 0 fully saturated rings. The van der Waals surface area contributed by atoms with Crippen LogP contribution in [0.25, 0.3) is 0 Å². The Balaban J connectivity index is 2.15. The predicted octanol–water partition coefficient (Wildman–Crippen LogP) is 2.60.